The van der Waals surface area contributed by atoms with Crippen LogP contribution in [-0.4, -0.2) is 18.6 Å². The number of alkyl halides is 6. The van der Waals surface area contributed by atoms with Gasteiger partial charge >= 0.3 is 12.4 Å². The second kappa shape index (κ2) is 7.05. The van der Waals surface area contributed by atoms with Gasteiger partial charge in [0.25, 0.3) is 0 Å². The van der Waals surface area contributed by atoms with Crippen molar-refractivity contribution in [3.05, 3.63) is 65.2 Å². The predicted molar refractivity (Wildman–Crippen MR) is 89.9 cm³/mol. The Balaban J connectivity index is 1.81. The SMILES string of the molecule is FC(F)(F)c1cccc(N2CCC(N=Cc3ccccc3C(F)(F)F)=N2)c1. The summed E-state index contributed by atoms with van der Waals surface area (Å²) in [5.41, 5.74) is -1.48. The summed E-state index contributed by atoms with van der Waals surface area (Å²) in [5, 5.41) is 5.44. The maximum absolute atomic E-state index is 13.0. The van der Waals surface area contributed by atoms with Crippen molar-refractivity contribution in [2.45, 2.75) is 18.8 Å². The summed E-state index contributed by atoms with van der Waals surface area (Å²) in [6, 6.07) is 9.65. The molecule has 0 spiro atoms. The van der Waals surface area contributed by atoms with Gasteiger partial charge in [0.15, 0.2) is 5.84 Å². The highest BCUT2D eigenvalue weighted by Gasteiger charge is 2.33. The van der Waals surface area contributed by atoms with Gasteiger partial charge in [-0.2, -0.15) is 31.4 Å². The first-order chi connectivity index (χ1) is 12.6. The van der Waals surface area contributed by atoms with E-state index in [1.165, 1.54) is 35.3 Å². The molecule has 2 aromatic carbocycles. The highest BCUT2D eigenvalue weighted by Crippen LogP contribution is 2.33. The summed E-state index contributed by atoms with van der Waals surface area (Å²) in [5.74, 6) is 0.240. The van der Waals surface area contributed by atoms with E-state index in [1.54, 1.807) is 0 Å². The number of benzene rings is 2. The van der Waals surface area contributed by atoms with Crippen molar-refractivity contribution in [3.8, 4) is 0 Å². The first kappa shape index (κ1) is 18.9. The van der Waals surface area contributed by atoms with Crippen molar-refractivity contribution >= 4 is 17.7 Å². The summed E-state index contributed by atoms with van der Waals surface area (Å²) in [7, 11) is 0. The van der Waals surface area contributed by atoms with Crippen LogP contribution in [0.4, 0.5) is 32.0 Å². The Labute approximate surface area is 150 Å². The van der Waals surface area contributed by atoms with E-state index in [0.29, 0.717) is 6.42 Å². The fourth-order valence-corrected chi connectivity index (χ4v) is 2.58. The van der Waals surface area contributed by atoms with E-state index < -0.39 is 23.5 Å². The van der Waals surface area contributed by atoms with Crippen LogP contribution in [-0.2, 0) is 12.4 Å². The summed E-state index contributed by atoms with van der Waals surface area (Å²) in [6.07, 6.45) is -7.61. The zero-order valence-electron chi connectivity index (χ0n) is 13.7. The van der Waals surface area contributed by atoms with Crippen LogP contribution >= 0.6 is 0 Å². The molecule has 0 bridgehead atoms. The molecule has 142 valence electrons. The summed E-state index contributed by atoms with van der Waals surface area (Å²) in [6.45, 7) is 0.287. The lowest BCUT2D eigenvalue weighted by molar-refractivity contribution is -0.138. The van der Waals surface area contributed by atoms with Crippen LogP contribution in [0.25, 0.3) is 0 Å². The van der Waals surface area contributed by atoms with Crippen LogP contribution in [0.5, 0.6) is 0 Å². The quantitative estimate of drug-likeness (QED) is 0.505. The highest BCUT2D eigenvalue weighted by atomic mass is 19.4. The zero-order chi connectivity index (χ0) is 19.7. The van der Waals surface area contributed by atoms with Gasteiger partial charge < -0.3 is 0 Å². The van der Waals surface area contributed by atoms with Crippen LogP contribution in [0.3, 0.4) is 0 Å². The number of hydrogen-bond acceptors (Lipinski definition) is 3. The third kappa shape index (κ3) is 4.47. The Morgan fingerprint density at radius 1 is 0.926 bits per heavy atom. The third-order valence-corrected chi connectivity index (χ3v) is 3.87. The van der Waals surface area contributed by atoms with Gasteiger partial charge in [0.1, 0.15) is 0 Å². The first-order valence-electron chi connectivity index (χ1n) is 7.87. The number of halogens is 6. The molecule has 0 saturated carbocycles. The lowest BCUT2D eigenvalue weighted by atomic mass is 10.1. The third-order valence-electron chi connectivity index (χ3n) is 3.87. The smallest absolute Gasteiger partial charge is 0.263 e. The van der Waals surface area contributed by atoms with E-state index in [9.17, 15) is 26.3 Å². The molecular formula is C18H13F6N3. The molecule has 0 N–H and O–H groups in total. The Bertz CT molecular complexity index is 883. The lowest BCUT2D eigenvalue weighted by Crippen LogP contribution is -2.13. The minimum absolute atomic E-state index is 0.106. The summed E-state index contributed by atoms with van der Waals surface area (Å²) >= 11 is 0. The minimum atomic E-state index is -4.51. The molecule has 0 unspecified atom stereocenters. The second-order valence-electron chi connectivity index (χ2n) is 5.78. The van der Waals surface area contributed by atoms with Gasteiger partial charge in [0.05, 0.1) is 16.8 Å². The van der Waals surface area contributed by atoms with Crippen molar-refractivity contribution in [2.24, 2.45) is 10.1 Å². The second-order valence-corrected chi connectivity index (χ2v) is 5.78. The minimum Gasteiger partial charge on any atom is -0.263 e. The van der Waals surface area contributed by atoms with Crippen LogP contribution < -0.4 is 5.01 Å². The molecule has 0 amide bonds. The normalized spacial score (nSPS) is 15.5. The largest absolute Gasteiger partial charge is 0.417 e. The van der Waals surface area contributed by atoms with E-state index >= 15 is 0 Å². The summed E-state index contributed by atoms with van der Waals surface area (Å²) in [4.78, 5) is 3.98. The van der Waals surface area contributed by atoms with E-state index in [2.05, 4.69) is 10.1 Å². The van der Waals surface area contributed by atoms with Crippen LogP contribution in [0.15, 0.2) is 58.6 Å². The van der Waals surface area contributed by atoms with Gasteiger partial charge in [0, 0.05) is 24.7 Å². The van der Waals surface area contributed by atoms with Gasteiger partial charge in [-0.25, -0.2) is 4.99 Å². The van der Waals surface area contributed by atoms with Crippen LogP contribution in [0.2, 0.25) is 0 Å². The van der Waals surface area contributed by atoms with E-state index in [0.717, 1.165) is 24.4 Å². The standard InChI is InChI=1S/C18H13F6N3/c19-17(20,21)13-5-3-6-14(10-13)27-9-8-16(26-27)25-11-12-4-1-2-7-15(12)18(22,23)24/h1-7,10-11H,8-9H2. The number of hydrogen-bond donors (Lipinski definition) is 0. The van der Waals surface area contributed by atoms with Crippen LogP contribution in [0.1, 0.15) is 23.1 Å². The Morgan fingerprint density at radius 2 is 1.67 bits per heavy atom. The average Bonchev–Trinajstić information content (AvgIpc) is 3.08. The summed E-state index contributed by atoms with van der Waals surface area (Å²) < 4.78 is 77.3. The predicted octanol–water partition coefficient (Wildman–Crippen LogP) is 5.37. The number of aliphatic imine (C=N–C) groups is 1. The van der Waals surface area contributed by atoms with E-state index in [4.69, 9.17) is 0 Å². The molecule has 1 aliphatic heterocycles. The van der Waals surface area contributed by atoms with Gasteiger partial charge in [0.2, 0.25) is 0 Å². The molecule has 0 fully saturated rings. The van der Waals surface area contributed by atoms with Gasteiger partial charge in [-0.1, -0.05) is 24.3 Å². The molecule has 1 aliphatic rings. The molecular weight excluding hydrogens is 372 g/mol. The van der Waals surface area contributed by atoms with Crippen LogP contribution in [0, 0.1) is 0 Å². The molecule has 0 saturated heterocycles. The Kier molecular flexibility index (Phi) is 4.95. The number of amidine groups is 1. The van der Waals surface area contributed by atoms with E-state index in [1.807, 2.05) is 0 Å². The average molecular weight is 385 g/mol. The Hall–Kier alpha value is -2.84. The molecule has 3 nitrogen and oxygen atoms in total. The molecule has 3 rings (SSSR count). The van der Waals surface area contributed by atoms with Crippen molar-refractivity contribution in [2.75, 3.05) is 11.6 Å². The van der Waals surface area contributed by atoms with E-state index in [-0.39, 0.29) is 23.6 Å². The molecule has 0 aromatic heterocycles. The maximum atomic E-state index is 13.0. The number of anilines is 1. The molecule has 0 aliphatic carbocycles. The maximum Gasteiger partial charge on any atom is 0.417 e. The molecule has 9 heteroatoms. The van der Waals surface area contributed by atoms with Gasteiger partial charge in [-0.15, -0.1) is 0 Å². The molecule has 0 atom stereocenters. The number of rotatable bonds is 2. The van der Waals surface area contributed by atoms with Crippen molar-refractivity contribution in [1.29, 1.82) is 0 Å². The monoisotopic (exact) mass is 385 g/mol. The number of hydrazone groups is 1. The highest BCUT2D eigenvalue weighted by molar-refractivity contribution is 5.97. The lowest BCUT2D eigenvalue weighted by Gasteiger charge is -2.15. The van der Waals surface area contributed by atoms with Crippen molar-refractivity contribution in [1.82, 2.24) is 0 Å². The van der Waals surface area contributed by atoms with Gasteiger partial charge in [-0.05, 0) is 24.3 Å². The first-order valence-corrected chi connectivity index (χ1v) is 7.87. The fraction of sp³-hybridized carbons (Fsp3) is 0.222. The molecule has 1 heterocycles. The molecule has 2 aromatic rings. The van der Waals surface area contributed by atoms with Crippen molar-refractivity contribution in [3.63, 3.8) is 0 Å². The van der Waals surface area contributed by atoms with Gasteiger partial charge in [-0.3, -0.25) is 5.01 Å². The van der Waals surface area contributed by atoms with Crippen molar-refractivity contribution < 1.29 is 26.3 Å². The fourth-order valence-electron chi connectivity index (χ4n) is 2.58. The topological polar surface area (TPSA) is 28.0 Å². The molecule has 0 radical (unpaired) electrons. The molecule has 27 heavy (non-hydrogen) atoms. The number of nitrogens with zero attached hydrogens (tertiary/aromatic N) is 3. The zero-order valence-corrected chi connectivity index (χ0v) is 13.7. The Morgan fingerprint density at radius 3 is 2.37 bits per heavy atom.